The van der Waals surface area contributed by atoms with Crippen LogP contribution in [0.15, 0.2) is 84.2 Å². The second-order valence-corrected chi connectivity index (χ2v) is 7.55. The van der Waals surface area contributed by atoms with Crippen molar-refractivity contribution >= 4 is 64.5 Å². The maximum atomic E-state index is 2.30. The van der Waals surface area contributed by atoms with Gasteiger partial charge >= 0.3 is 0 Å². The SMILES string of the molecule is c1ccc2c(c1)ccc1ccc3c(ccc4ccc5sccc5c43)c12. The van der Waals surface area contributed by atoms with Gasteiger partial charge < -0.3 is 0 Å². The van der Waals surface area contributed by atoms with Crippen LogP contribution in [0.4, 0.5) is 0 Å². The number of benzene rings is 5. The molecular weight excluding hydrogens is 320 g/mol. The number of rotatable bonds is 0. The van der Waals surface area contributed by atoms with Gasteiger partial charge in [-0.1, -0.05) is 66.7 Å². The van der Waals surface area contributed by atoms with Crippen LogP contribution in [0, 0.1) is 0 Å². The molecule has 0 unspecified atom stereocenters. The van der Waals surface area contributed by atoms with Gasteiger partial charge in [-0.2, -0.15) is 0 Å². The van der Waals surface area contributed by atoms with Crippen molar-refractivity contribution in [3.8, 4) is 0 Å². The standard InChI is InChI=1S/C24H14S/c1-2-4-18-15(3-1)5-6-16-7-11-20-19(23(16)18)10-8-17-9-12-22-21(24(17)20)13-14-25-22/h1-14H. The first-order valence-corrected chi connectivity index (χ1v) is 9.41. The van der Waals surface area contributed by atoms with Crippen molar-refractivity contribution in [3.63, 3.8) is 0 Å². The third-order valence-corrected chi connectivity index (χ3v) is 6.20. The lowest BCUT2D eigenvalue weighted by Gasteiger charge is -2.11. The van der Waals surface area contributed by atoms with Crippen LogP contribution in [0.1, 0.15) is 0 Å². The van der Waals surface area contributed by atoms with Crippen molar-refractivity contribution in [2.75, 3.05) is 0 Å². The molecule has 25 heavy (non-hydrogen) atoms. The van der Waals surface area contributed by atoms with E-state index in [2.05, 4.69) is 84.2 Å². The van der Waals surface area contributed by atoms with Gasteiger partial charge in [0, 0.05) is 10.1 Å². The third kappa shape index (κ3) is 1.76. The highest BCUT2D eigenvalue weighted by atomic mass is 32.1. The van der Waals surface area contributed by atoms with Gasteiger partial charge in [0.2, 0.25) is 0 Å². The summed E-state index contributed by atoms with van der Waals surface area (Å²) < 4.78 is 1.36. The van der Waals surface area contributed by atoms with Crippen LogP contribution in [0.2, 0.25) is 0 Å². The Hall–Kier alpha value is -2.90. The Balaban J connectivity index is 1.95. The highest BCUT2D eigenvalue weighted by Gasteiger charge is 2.10. The lowest BCUT2D eigenvalue weighted by atomic mass is 9.93. The van der Waals surface area contributed by atoms with Crippen LogP contribution in [0.3, 0.4) is 0 Å². The molecule has 0 fully saturated rings. The molecule has 1 heterocycles. The van der Waals surface area contributed by atoms with Crippen LogP contribution in [-0.4, -0.2) is 0 Å². The summed E-state index contributed by atoms with van der Waals surface area (Å²) in [4.78, 5) is 0. The van der Waals surface area contributed by atoms with Gasteiger partial charge in [0.15, 0.2) is 0 Å². The lowest BCUT2D eigenvalue weighted by Crippen LogP contribution is -1.83. The van der Waals surface area contributed by atoms with Crippen molar-refractivity contribution in [3.05, 3.63) is 84.2 Å². The summed E-state index contributed by atoms with van der Waals surface area (Å²) >= 11 is 1.82. The Morgan fingerprint density at radius 3 is 1.92 bits per heavy atom. The minimum Gasteiger partial charge on any atom is -0.144 e. The topological polar surface area (TPSA) is 0 Å². The van der Waals surface area contributed by atoms with E-state index in [1.54, 1.807) is 0 Å². The van der Waals surface area contributed by atoms with E-state index >= 15 is 0 Å². The molecule has 0 aliphatic heterocycles. The molecule has 0 N–H and O–H groups in total. The molecule has 0 spiro atoms. The summed E-state index contributed by atoms with van der Waals surface area (Å²) in [6, 6.07) is 29.1. The molecule has 0 saturated heterocycles. The molecule has 0 atom stereocenters. The van der Waals surface area contributed by atoms with Gasteiger partial charge in [-0.15, -0.1) is 11.3 Å². The summed E-state index contributed by atoms with van der Waals surface area (Å²) in [7, 11) is 0. The zero-order valence-corrected chi connectivity index (χ0v) is 14.3. The smallest absolute Gasteiger partial charge is 0.0349 e. The molecule has 0 bridgehead atoms. The molecule has 0 saturated carbocycles. The first-order valence-electron chi connectivity index (χ1n) is 8.53. The Labute approximate surface area is 148 Å². The molecule has 0 nitrogen and oxygen atoms in total. The van der Waals surface area contributed by atoms with Crippen LogP contribution in [-0.2, 0) is 0 Å². The average molecular weight is 334 g/mol. The molecule has 6 rings (SSSR count). The summed E-state index contributed by atoms with van der Waals surface area (Å²) in [5, 5.41) is 14.3. The Bertz CT molecular complexity index is 1440. The fourth-order valence-electron chi connectivity index (χ4n) is 4.19. The summed E-state index contributed by atoms with van der Waals surface area (Å²) in [6.07, 6.45) is 0. The van der Waals surface area contributed by atoms with Crippen molar-refractivity contribution < 1.29 is 0 Å². The molecule has 6 aromatic rings. The highest BCUT2D eigenvalue weighted by Crippen LogP contribution is 2.38. The molecule has 116 valence electrons. The predicted molar refractivity (Wildman–Crippen MR) is 112 cm³/mol. The van der Waals surface area contributed by atoms with Gasteiger partial charge in [-0.3, -0.25) is 0 Å². The van der Waals surface area contributed by atoms with Gasteiger partial charge in [-0.05, 0) is 60.6 Å². The van der Waals surface area contributed by atoms with Gasteiger partial charge in [0.25, 0.3) is 0 Å². The number of fused-ring (bicyclic) bond motifs is 9. The Morgan fingerprint density at radius 2 is 1.08 bits per heavy atom. The van der Waals surface area contributed by atoms with E-state index in [1.807, 2.05) is 11.3 Å². The summed E-state index contributed by atoms with van der Waals surface area (Å²) in [5.74, 6) is 0. The molecule has 5 aromatic carbocycles. The molecule has 1 aromatic heterocycles. The minimum absolute atomic E-state index is 1.30. The van der Waals surface area contributed by atoms with E-state index < -0.39 is 0 Å². The predicted octanol–water partition coefficient (Wildman–Crippen LogP) is 7.51. The maximum Gasteiger partial charge on any atom is 0.0349 e. The zero-order chi connectivity index (χ0) is 16.4. The fourth-order valence-corrected chi connectivity index (χ4v) is 4.98. The quantitative estimate of drug-likeness (QED) is 0.252. The second-order valence-electron chi connectivity index (χ2n) is 6.61. The first-order chi connectivity index (χ1) is 12.4. The van der Waals surface area contributed by atoms with Gasteiger partial charge in [0.05, 0.1) is 0 Å². The molecular formula is C24H14S. The highest BCUT2D eigenvalue weighted by molar-refractivity contribution is 7.17. The van der Waals surface area contributed by atoms with Gasteiger partial charge in [0.1, 0.15) is 0 Å². The van der Waals surface area contributed by atoms with Crippen molar-refractivity contribution in [2.45, 2.75) is 0 Å². The van der Waals surface area contributed by atoms with Crippen molar-refractivity contribution in [1.82, 2.24) is 0 Å². The third-order valence-electron chi connectivity index (χ3n) is 5.32. The van der Waals surface area contributed by atoms with Crippen LogP contribution < -0.4 is 0 Å². The van der Waals surface area contributed by atoms with E-state index in [4.69, 9.17) is 0 Å². The monoisotopic (exact) mass is 334 g/mol. The van der Waals surface area contributed by atoms with E-state index in [1.165, 1.54) is 53.2 Å². The molecule has 0 radical (unpaired) electrons. The van der Waals surface area contributed by atoms with E-state index in [0.29, 0.717) is 0 Å². The summed E-state index contributed by atoms with van der Waals surface area (Å²) in [6.45, 7) is 0. The zero-order valence-electron chi connectivity index (χ0n) is 13.5. The fraction of sp³-hybridized carbons (Fsp3) is 0. The number of hydrogen-bond donors (Lipinski definition) is 0. The lowest BCUT2D eigenvalue weighted by molar-refractivity contribution is 1.79. The van der Waals surface area contributed by atoms with Crippen LogP contribution in [0.5, 0.6) is 0 Å². The maximum absolute atomic E-state index is 2.30. The number of hydrogen-bond acceptors (Lipinski definition) is 1. The Morgan fingerprint density at radius 1 is 0.440 bits per heavy atom. The van der Waals surface area contributed by atoms with E-state index in [0.717, 1.165) is 0 Å². The van der Waals surface area contributed by atoms with Crippen molar-refractivity contribution in [1.29, 1.82) is 0 Å². The Kier molecular flexibility index (Phi) is 2.58. The van der Waals surface area contributed by atoms with E-state index in [9.17, 15) is 0 Å². The molecule has 1 heteroatoms. The second kappa shape index (κ2) is 4.81. The van der Waals surface area contributed by atoms with Crippen LogP contribution in [0.25, 0.3) is 53.2 Å². The largest absolute Gasteiger partial charge is 0.144 e. The van der Waals surface area contributed by atoms with Gasteiger partial charge in [-0.25, -0.2) is 0 Å². The molecule has 0 amide bonds. The van der Waals surface area contributed by atoms with Crippen molar-refractivity contribution in [2.24, 2.45) is 0 Å². The first kappa shape index (κ1) is 13.4. The molecule has 0 aliphatic rings. The summed E-state index contributed by atoms with van der Waals surface area (Å²) in [5.41, 5.74) is 0. The average Bonchev–Trinajstić information content (AvgIpc) is 3.15. The normalized spacial score (nSPS) is 12.0. The number of thiophene rings is 1. The minimum atomic E-state index is 1.30. The van der Waals surface area contributed by atoms with Crippen LogP contribution >= 0.6 is 11.3 Å². The van der Waals surface area contributed by atoms with E-state index in [-0.39, 0.29) is 0 Å². The molecule has 0 aliphatic carbocycles.